The van der Waals surface area contributed by atoms with E-state index in [1.807, 2.05) is 75.4 Å². The molecule has 0 radical (unpaired) electrons. The van der Waals surface area contributed by atoms with Crippen LogP contribution in [0.3, 0.4) is 0 Å². The summed E-state index contributed by atoms with van der Waals surface area (Å²) in [6.07, 6.45) is 0.680. The molecule has 0 fully saturated rings. The number of carbonyl (C=O) groups excluding carboxylic acids is 2. The summed E-state index contributed by atoms with van der Waals surface area (Å²) >= 11 is 0. The molecule has 2 aromatic carbocycles. The molecule has 0 spiro atoms. The molecular weight excluding hydrogens is 312 g/mol. The van der Waals surface area contributed by atoms with Gasteiger partial charge in [0.2, 0.25) is 11.8 Å². The van der Waals surface area contributed by atoms with Gasteiger partial charge in [-0.3, -0.25) is 9.59 Å². The number of carbonyl (C=O) groups is 2. The highest BCUT2D eigenvalue weighted by Gasteiger charge is 2.20. The van der Waals surface area contributed by atoms with Gasteiger partial charge >= 0.3 is 0 Å². The molecule has 0 saturated heterocycles. The Labute approximate surface area is 149 Å². The van der Waals surface area contributed by atoms with Gasteiger partial charge in [-0.2, -0.15) is 0 Å². The Morgan fingerprint density at radius 1 is 1.00 bits per heavy atom. The molecule has 0 bridgehead atoms. The van der Waals surface area contributed by atoms with Crippen LogP contribution in [0.25, 0.3) is 0 Å². The summed E-state index contributed by atoms with van der Waals surface area (Å²) in [4.78, 5) is 26.7. The molecule has 0 aromatic heterocycles. The largest absolute Gasteiger partial charge is 0.336 e. The number of aryl methyl sites for hydroxylation is 1. The van der Waals surface area contributed by atoms with Crippen molar-refractivity contribution >= 4 is 17.5 Å². The Kier molecular flexibility index (Phi) is 6.75. The second-order valence-electron chi connectivity index (χ2n) is 6.34. The van der Waals surface area contributed by atoms with E-state index in [2.05, 4.69) is 5.32 Å². The normalized spacial score (nSPS) is 10.6. The number of anilines is 1. The molecule has 0 heterocycles. The van der Waals surface area contributed by atoms with Crippen molar-refractivity contribution in [3.05, 3.63) is 65.7 Å². The Hall–Kier alpha value is -2.62. The highest BCUT2D eigenvalue weighted by molar-refractivity contribution is 6.03. The number of hydrogen-bond acceptors (Lipinski definition) is 2. The van der Waals surface area contributed by atoms with Crippen molar-refractivity contribution in [2.24, 2.45) is 0 Å². The standard InChI is InChI=1S/C21H26N2O2/c1-4-18-12-8-9-13-19(18)22-20(24)14-21(25)23(16(2)3)15-17-10-6-5-7-11-17/h5-13,16H,4,14-15H2,1-3H3,(H,22,24). The smallest absolute Gasteiger partial charge is 0.233 e. The van der Waals surface area contributed by atoms with Gasteiger partial charge in [-0.15, -0.1) is 0 Å². The summed E-state index contributed by atoms with van der Waals surface area (Å²) in [5, 5.41) is 2.86. The highest BCUT2D eigenvalue weighted by atomic mass is 16.2. The minimum Gasteiger partial charge on any atom is -0.336 e. The molecule has 4 heteroatoms. The lowest BCUT2D eigenvalue weighted by molar-refractivity contribution is -0.136. The first kappa shape index (κ1) is 18.7. The average molecular weight is 338 g/mol. The summed E-state index contributed by atoms with van der Waals surface area (Å²) in [5.74, 6) is -0.435. The molecule has 0 saturated carbocycles. The third-order valence-electron chi connectivity index (χ3n) is 4.12. The fourth-order valence-electron chi connectivity index (χ4n) is 2.72. The Bertz CT molecular complexity index is 711. The van der Waals surface area contributed by atoms with Crippen LogP contribution in [0.4, 0.5) is 5.69 Å². The lowest BCUT2D eigenvalue weighted by Gasteiger charge is -2.27. The van der Waals surface area contributed by atoms with Gasteiger partial charge in [0.25, 0.3) is 0 Å². The molecule has 0 unspecified atom stereocenters. The molecule has 0 aliphatic carbocycles. The average Bonchev–Trinajstić information content (AvgIpc) is 2.60. The van der Waals surface area contributed by atoms with Crippen LogP contribution in [-0.4, -0.2) is 22.8 Å². The summed E-state index contributed by atoms with van der Waals surface area (Å²) in [6.45, 7) is 6.48. The van der Waals surface area contributed by atoms with Gasteiger partial charge in [-0.05, 0) is 37.5 Å². The van der Waals surface area contributed by atoms with Gasteiger partial charge in [0.15, 0.2) is 0 Å². The number of amides is 2. The van der Waals surface area contributed by atoms with Gasteiger partial charge in [0.1, 0.15) is 6.42 Å². The maximum absolute atomic E-state index is 12.6. The zero-order valence-corrected chi connectivity index (χ0v) is 15.2. The summed E-state index contributed by atoms with van der Waals surface area (Å²) < 4.78 is 0. The third-order valence-corrected chi connectivity index (χ3v) is 4.12. The molecule has 1 N–H and O–H groups in total. The monoisotopic (exact) mass is 338 g/mol. The van der Waals surface area contributed by atoms with E-state index < -0.39 is 0 Å². The second-order valence-corrected chi connectivity index (χ2v) is 6.34. The fourth-order valence-corrected chi connectivity index (χ4v) is 2.72. The number of nitrogens with zero attached hydrogens (tertiary/aromatic N) is 1. The zero-order chi connectivity index (χ0) is 18.2. The quantitative estimate of drug-likeness (QED) is 0.775. The predicted molar refractivity (Wildman–Crippen MR) is 101 cm³/mol. The van der Waals surface area contributed by atoms with Gasteiger partial charge in [0, 0.05) is 18.3 Å². The van der Waals surface area contributed by atoms with E-state index in [1.165, 1.54) is 0 Å². The van der Waals surface area contributed by atoms with Crippen molar-refractivity contribution in [1.29, 1.82) is 0 Å². The molecule has 132 valence electrons. The van der Waals surface area contributed by atoms with Crippen LogP contribution < -0.4 is 5.32 Å². The van der Waals surface area contributed by atoms with Gasteiger partial charge in [-0.1, -0.05) is 55.5 Å². The van der Waals surface area contributed by atoms with E-state index in [9.17, 15) is 9.59 Å². The van der Waals surface area contributed by atoms with Gasteiger partial charge < -0.3 is 10.2 Å². The predicted octanol–water partition coefficient (Wildman–Crippen LogP) is 4.01. The molecule has 4 nitrogen and oxygen atoms in total. The summed E-state index contributed by atoms with van der Waals surface area (Å²) in [7, 11) is 0. The van der Waals surface area contributed by atoms with Crippen LogP contribution in [0.1, 0.15) is 38.3 Å². The third kappa shape index (κ3) is 5.45. The van der Waals surface area contributed by atoms with E-state index in [-0.39, 0.29) is 24.3 Å². The topological polar surface area (TPSA) is 49.4 Å². The van der Waals surface area contributed by atoms with Crippen molar-refractivity contribution in [2.75, 3.05) is 5.32 Å². The van der Waals surface area contributed by atoms with Crippen LogP contribution in [-0.2, 0) is 22.6 Å². The van der Waals surface area contributed by atoms with Crippen LogP contribution in [0, 0.1) is 0 Å². The minimum atomic E-state index is -0.274. The minimum absolute atomic E-state index is 0.0310. The van der Waals surface area contributed by atoms with E-state index in [0.717, 1.165) is 23.2 Å². The number of rotatable bonds is 7. The van der Waals surface area contributed by atoms with Crippen LogP contribution in [0.5, 0.6) is 0 Å². The van der Waals surface area contributed by atoms with Crippen LogP contribution in [0.15, 0.2) is 54.6 Å². The SMILES string of the molecule is CCc1ccccc1NC(=O)CC(=O)N(Cc1ccccc1)C(C)C. The molecule has 2 rings (SSSR count). The van der Waals surface area contributed by atoms with Crippen molar-refractivity contribution in [2.45, 2.75) is 46.2 Å². The molecule has 0 atom stereocenters. The Balaban J connectivity index is 2.01. The zero-order valence-electron chi connectivity index (χ0n) is 15.2. The molecule has 0 aliphatic rings. The van der Waals surface area contributed by atoms with Gasteiger partial charge in [-0.25, -0.2) is 0 Å². The number of para-hydroxylation sites is 1. The summed E-state index contributed by atoms with van der Waals surface area (Å²) in [5.41, 5.74) is 2.90. The first-order valence-corrected chi connectivity index (χ1v) is 8.72. The Morgan fingerprint density at radius 3 is 2.28 bits per heavy atom. The van der Waals surface area contributed by atoms with Crippen molar-refractivity contribution in [3.63, 3.8) is 0 Å². The summed E-state index contributed by atoms with van der Waals surface area (Å²) in [6, 6.07) is 17.5. The maximum Gasteiger partial charge on any atom is 0.233 e. The van der Waals surface area contributed by atoms with E-state index in [0.29, 0.717) is 6.54 Å². The Morgan fingerprint density at radius 2 is 1.64 bits per heavy atom. The number of hydrogen-bond donors (Lipinski definition) is 1. The first-order chi connectivity index (χ1) is 12.0. The lowest BCUT2D eigenvalue weighted by Crippen LogP contribution is -2.38. The highest BCUT2D eigenvalue weighted by Crippen LogP contribution is 2.16. The van der Waals surface area contributed by atoms with Crippen LogP contribution >= 0.6 is 0 Å². The molecule has 2 amide bonds. The van der Waals surface area contributed by atoms with Gasteiger partial charge in [0.05, 0.1) is 0 Å². The molecule has 0 aliphatic heterocycles. The molecule has 2 aromatic rings. The second kappa shape index (κ2) is 9.02. The van der Waals surface area contributed by atoms with E-state index in [1.54, 1.807) is 4.90 Å². The first-order valence-electron chi connectivity index (χ1n) is 8.72. The van der Waals surface area contributed by atoms with E-state index >= 15 is 0 Å². The van der Waals surface area contributed by atoms with Crippen molar-refractivity contribution < 1.29 is 9.59 Å². The van der Waals surface area contributed by atoms with Crippen LogP contribution in [0.2, 0.25) is 0 Å². The number of benzene rings is 2. The fraction of sp³-hybridized carbons (Fsp3) is 0.333. The maximum atomic E-state index is 12.6. The van der Waals surface area contributed by atoms with Crippen molar-refractivity contribution in [3.8, 4) is 0 Å². The van der Waals surface area contributed by atoms with Crippen molar-refractivity contribution in [1.82, 2.24) is 4.90 Å². The molecule has 25 heavy (non-hydrogen) atoms. The van der Waals surface area contributed by atoms with E-state index in [4.69, 9.17) is 0 Å². The molecular formula is C21H26N2O2. The number of nitrogens with one attached hydrogen (secondary N) is 1. The lowest BCUT2D eigenvalue weighted by atomic mass is 10.1.